The largest absolute Gasteiger partial charge is 0.478 e. The highest BCUT2D eigenvalue weighted by Gasteiger charge is 2.07. The van der Waals surface area contributed by atoms with Crippen LogP contribution in [-0.2, 0) is 11.3 Å². The van der Waals surface area contributed by atoms with E-state index in [9.17, 15) is 9.59 Å². The maximum absolute atomic E-state index is 11.8. The molecule has 0 bridgehead atoms. The molecule has 98 valence electrons. The molecule has 1 amide bonds. The zero-order valence-corrected chi connectivity index (χ0v) is 10.6. The molecule has 2 aromatic rings. The minimum atomic E-state index is -1.01. The fraction of sp³-hybridized carbons (Fsp3) is 0.0833. The fourth-order valence-electron chi connectivity index (χ4n) is 1.37. The maximum atomic E-state index is 11.8. The number of amides is 1. The van der Waals surface area contributed by atoms with Crippen molar-refractivity contribution in [3.8, 4) is 0 Å². The number of hydrogen-bond acceptors (Lipinski definition) is 4. The Labute approximate surface area is 112 Å². The summed E-state index contributed by atoms with van der Waals surface area (Å²) in [5, 5.41) is 19.4. The molecule has 0 fully saturated rings. The van der Waals surface area contributed by atoms with Gasteiger partial charge >= 0.3 is 5.97 Å². The molecule has 2 aromatic heterocycles. The van der Waals surface area contributed by atoms with E-state index in [-0.39, 0.29) is 5.91 Å². The first-order valence-corrected chi connectivity index (χ1v) is 6.28. The average molecular weight is 277 g/mol. The van der Waals surface area contributed by atoms with E-state index >= 15 is 0 Å². The van der Waals surface area contributed by atoms with Crippen molar-refractivity contribution in [2.75, 3.05) is 0 Å². The van der Waals surface area contributed by atoms with Crippen molar-refractivity contribution >= 4 is 29.3 Å². The first-order valence-electron chi connectivity index (χ1n) is 5.40. The lowest BCUT2D eigenvalue weighted by Crippen LogP contribution is -2.21. The Balaban J connectivity index is 1.94. The van der Waals surface area contributed by atoms with Gasteiger partial charge < -0.3 is 10.4 Å². The molecule has 0 spiro atoms. The molecule has 2 heterocycles. The van der Waals surface area contributed by atoms with E-state index in [0.29, 0.717) is 12.1 Å². The zero-order valence-electron chi connectivity index (χ0n) is 9.79. The summed E-state index contributed by atoms with van der Waals surface area (Å²) in [6, 6.07) is 1.65. The Morgan fingerprint density at radius 1 is 1.53 bits per heavy atom. The number of aromatic amines is 1. The molecule has 0 aromatic carbocycles. The lowest BCUT2D eigenvalue weighted by atomic mass is 10.2. The van der Waals surface area contributed by atoms with Crippen LogP contribution in [0.4, 0.5) is 0 Å². The molecule has 6 nitrogen and oxygen atoms in total. The lowest BCUT2D eigenvalue weighted by molar-refractivity contribution is -0.131. The topological polar surface area (TPSA) is 95.1 Å². The minimum Gasteiger partial charge on any atom is -0.478 e. The fourth-order valence-corrected chi connectivity index (χ4v) is 2.15. The number of H-pyrrole nitrogens is 1. The summed E-state index contributed by atoms with van der Waals surface area (Å²) in [6.45, 7) is 0.394. The number of nitrogens with one attached hydrogen (secondary N) is 2. The smallest absolute Gasteiger partial charge is 0.328 e. The van der Waals surface area contributed by atoms with E-state index in [1.165, 1.54) is 17.4 Å². The van der Waals surface area contributed by atoms with Gasteiger partial charge in [0.1, 0.15) is 0 Å². The molecule has 3 N–H and O–H groups in total. The molecule has 7 heteroatoms. The normalized spacial score (nSPS) is 10.7. The zero-order chi connectivity index (χ0) is 13.7. The number of nitrogens with zero attached hydrogens (tertiary/aromatic N) is 1. The van der Waals surface area contributed by atoms with Crippen molar-refractivity contribution in [3.05, 3.63) is 45.9 Å². The van der Waals surface area contributed by atoms with Gasteiger partial charge in [-0.1, -0.05) is 0 Å². The van der Waals surface area contributed by atoms with Crippen LogP contribution in [0.25, 0.3) is 6.08 Å². The number of hydrogen-bond donors (Lipinski definition) is 3. The number of carboxylic acid groups (broad SMARTS) is 1. The number of rotatable bonds is 5. The highest BCUT2D eigenvalue weighted by molar-refractivity contribution is 7.11. The molecule has 0 atom stereocenters. The Kier molecular flexibility index (Phi) is 4.09. The number of aliphatic carboxylic acids is 1. The van der Waals surface area contributed by atoms with Crippen LogP contribution in [-0.4, -0.2) is 27.2 Å². The second kappa shape index (κ2) is 5.96. The van der Waals surface area contributed by atoms with E-state index in [1.807, 2.05) is 0 Å². The van der Waals surface area contributed by atoms with E-state index in [0.717, 1.165) is 16.5 Å². The second-order valence-electron chi connectivity index (χ2n) is 3.70. The van der Waals surface area contributed by atoms with Gasteiger partial charge in [-0.05, 0) is 12.1 Å². The molecule has 0 radical (unpaired) electrons. The van der Waals surface area contributed by atoms with Gasteiger partial charge in [0, 0.05) is 34.6 Å². The summed E-state index contributed by atoms with van der Waals surface area (Å²) in [4.78, 5) is 22.9. The summed E-state index contributed by atoms with van der Waals surface area (Å²) in [6.07, 6.45) is 5.84. The molecule has 0 saturated carbocycles. The van der Waals surface area contributed by atoms with Gasteiger partial charge in [0.15, 0.2) is 0 Å². The summed E-state index contributed by atoms with van der Waals surface area (Å²) in [5.74, 6) is -1.22. The molecule has 19 heavy (non-hydrogen) atoms. The van der Waals surface area contributed by atoms with E-state index in [4.69, 9.17) is 5.11 Å². The Morgan fingerprint density at radius 3 is 3.05 bits per heavy atom. The summed E-state index contributed by atoms with van der Waals surface area (Å²) >= 11 is 1.31. The third kappa shape index (κ3) is 3.78. The van der Waals surface area contributed by atoms with Crippen molar-refractivity contribution < 1.29 is 14.7 Å². The lowest BCUT2D eigenvalue weighted by Gasteiger charge is -2.00. The average Bonchev–Trinajstić information content (AvgIpc) is 3.04. The summed E-state index contributed by atoms with van der Waals surface area (Å²) in [7, 11) is 0. The highest BCUT2D eigenvalue weighted by atomic mass is 32.1. The molecular formula is C12H11N3O3S. The SMILES string of the molecule is O=C(O)C=Cc1cc(C(=O)NCc2cn[nH]c2)cs1. The Morgan fingerprint density at radius 2 is 2.37 bits per heavy atom. The molecule has 0 aliphatic rings. The highest BCUT2D eigenvalue weighted by Crippen LogP contribution is 2.16. The predicted octanol–water partition coefficient (Wildman–Crippen LogP) is 1.50. The molecule has 0 saturated heterocycles. The molecular weight excluding hydrogens is 266 g/mol. The summed E-state index contributed by atoms with van der Waals surface area (Å²) in [5.41, 5.74) is 1.40. The second-order valence-corrected chi connectivity index (χ2v) is 4.64. The van der Waals surface area contributed by atoms with Crippen molar-refractivity contribution in [3.63, 3.8) is 0 Å². The van der Waals surface area contributed by atoms with Crippen molar-refractivity contribution in [2.24, 2.45) is 0 Å². The van der Waals surface area contributed by atoms with Crippen LogP contribution in [0.5, 0.6) is 0 Å². The first kappa shape index (κ1) is 13.0. The summed E-state index contributed by atoms with van der Waals surface area (Å²) < 4.78 is 0. The van der Waals surface area contributed by atoms with Crippen molar-refractivity contribution in [1.29, 1.82) is 0 Å². The number of carbonyl (C=O) groups is 2. The van der Waals surface area contributed by atoms with Crippen molar-refractivity contribution in [1.82, 2.24) is 15.5 Å². The van der Waals surface area contributed by atoms with Crippen LogP contribution in [0.1, 0.15) is 20.8 Å². The first-order chi connectivity index (χ1) is 9.15. The molecule has 0 unspecified atom stereocenters. The quantitative estimate of drug-likeness (QED) is 0.722. The third-order valence-corrected chi connectivity index (χ3v) is 3.18. The van der Waals surface area contributed by atoms with E-state index in [1.54, 1.807) is 23.8 Å². The van der Waals surface area contributed by atoms with Crippen LogP contribution in [0.15, 0.2) is 29.9 Å². The Bertz CT molecular complexity index is 602. The van der Waals surface area contributed by atoms with E-state index < -0.39 is 5.97 Å². The van der Waals surface area contributed by atoms with Gasteiger partial charge in [-0.3, -0.25) is 9.89 Å². The van der Waals surface area contributed by atoms with Crippen LogP contribution >= 0.6 is 11.3 Å². The minimum absolute atomic E-state index is 0.201. The predicted molar refractivity (Wildman–Crippen MR) is 70.7 cm³/mol. The van der Waals surface area contributed by atoms with Crippen molar-refractivity contribution in [2.45, 2.75) is 6.54 Å². The van der Waals surface area contributed by atoms with Crippen LogP contribution in [0.3, 0.4) is 0 Å². The molecule has 0 aliphatic carbocycles. The standard InChI is InChI=1S/C12H11N3O3S/c16-11(17)2-1-10-3-9(7-19-10)12(18)13-4-8-5-14-15-6-8/h1-3,5-7H,4H2,(H,13,18)(H,14,15)(H,16,17). The van der Waals surface area contributed by atoms with Gasteiger partial charge in [-0.25, -0.2) is 4.79 Å². The monoisotopic (exact) mass is 277 g/mol. The van der Waals surface area contributed by atoms with Gasteiger partial charge in [-0.2, -0.15) is 5.10 Å². The van der Waals surface area contributed by atoms with E-state index in [2.05, 4.69) is 15.5 Å². The van der Waals surface area contributed by atoms with Gasteiger partial charge in [0.05, 0.1) is 11.8 Å². The number of carbonyl (C=O) groups excluding carboxylic acids is 1. The Hall–Kier alpha value is -2.41. The van der Waals surface area contributed by atoms with Gasteiger partial charge in [0.25, 0.3) is 5.91 Å². The van der Waals surface area contributed by atoms with Gasteiger partial charge in [0.2, 0.25) is 0 Å². The maximum Gasteiger partial charge on any atom is 0.328 e. The molecule has 2 rings (SSSR count). The number of thiophene rings is 1. The van der Waals surface area contributed by atoms with Gasteiger partial charge in [-0.15, -0.1) is 11.3 Å². The van der Waals surface area contributed by atoms with Crippen LogP contribution in [0.2, 0.25) is 0 Å². The van der Waals surface area contributed by atoms with Crippen LogP contribution < -0.4 is 5.32 Å². The molecule has 0 aliphatic heterocycles. The number of aromatic nitrogens is 2. The third-order valence-electron chi connectivity index (χ3n) is 2.28. The number of carboxylic acids is 1. The van der Waals surface area contributed by atoms with Crippen LogP contribution in [0, 0.1) is 0 Å².